The second-order valence-corrected chi connectivity index (χ2v) is 7.19. The molecule has 0 aliphatic heterocycles. The van der Waals surface area contributed by atoms with Gasteiger partial charge in [0.25, 0.3) is 0 Å². The molecule has 3 nitrogen and oxygen atoms in total. The topological polar surface area (TPSA) is 34.4 Å². The van der Waals surface area contributed by atoms with E-state index in [2.05, 4.69) is 32.7 Å². The molecule has 0 N–H and O–H groups in total. The fraction of sp³-hybridized carbons (Fsp3) is 0.714. The smallest absolute Gasteiger partial charge is 0.248 e. The van der Waals surface area contributed by atoms with Gasteiger partial charge in [0.05, 0.1) is 0 Å². The average molecular weight is 268 g/mol. The monoisotopic (exact) mass is 268 g/mol. The molecule has 1 aromatic rings. The first kappa shape index (κ1) is 15.2. The molecule has 0 aliphatic carbocycles. The van der Waals surface area contributed by atoms with Gasteiger partial charge in [-0.15, -0.1) is 11.3 Å². The summed E-state index contributed by atoms with van der Waals surface area (Å²) < 4.78 is 2.02. The Morgan fingerprint density at radius 1 is 1.39 bits per heavy atom. The minimum absolute atomic E-state index is 0.0256. The maximum Gasteiger partial charge on any atom is 0.248 e. The van der Waals surface area contributed by atoms with E-state index in [0.29, 0.717) is 12.3 Å². The van der Waals surface area contributed by atoms with Gasteiger partial charge in [0.15, 0.2) is 4.80 Å². The Morgan fingerprint density at radius 2 is 1.94 bits per heavy atom. The minimum Gasteiger partial charge on any atom is -0.324 e. The van der Waals surface area contributed by atoms with Gasteiger partial charge in [-0.1, -0.05) is 34.6 Å². The predicted octanol–water partition coefficient (Wildman–Crippen LogP) is 3.17. The molecular weight excluding hydrogens is 244 g/mol. The highest BCUT2D eigenvalue weighted by Crippen LogP contribution is 2.27. The molecule has 0 saturated heterocycles. The number of carbonyl (C=O) groups excluding carboxylic acids is 1. The van der Waals surface area contributed by atoms with E-state index in [1.807, 2.05) is 25.5 Å². The Balaban J connectivity index is 3.20. The average Bonchev–Trinajstić information content (AvgIpc) is 2.44. The van der Waals surface area contributed by atoms with Gasteiger partial charge in [0.1, 0.15) is 0 Å². The molecule has 1 rings (SSSR count). The molecule has 18 heavy (non-hydrogen) atoms. The van der Waals surface area contributed by atoms with Crippen molar-refractivity contribution in [3.8, 4) is 0 Å². The zero-order valence-corrected chi connectivity index (χ0v) is 13.3. The number of rotatable bonds is 2. The van der Waals surface area contributed by atoms with Gasteiger partial charge in [0, 0.05) is 24.0 Å². The fourth-order valence-electron chi connectivity index (χ4n) is 1.82. The van der Waals surface area contributed by atoms with E-state index in [1.54, 1.807) is 11.3 Å². The molecule has 0 unspecified atom stereocenters. The first-order valence-electron chi connectivity index (χ1n) is 6.37. The van der Waals surface area contributed by atoms with Crippen LogP contribution in [0.1, 0.15) is 51.6 Å². The van der Waals surface area contributed by atoms with Crippen molar-refractivity contribution in [1.82, 2.24) is 4.57 Å². The van der Waals surface area contributed by atoms with E-state index < -0.39 is 0 Å². The standard InChI is InChI=1S/C14H24N2OS/c1-9(2)8-11(17)15-13-16(7)10(3)12(18-13)14(4,5)6/h9H,8H2,1-7H3. The molecule has 1 aromatic heterocycles. The van der Waals surface area contributed by atoms with Crippen molar-refractivity contribution in [2.24, 2.45) is 18.0 Å². The van der Waals surface area contributed by atoms with Crippen LogP contribution in [-0.4, -0.2) is 10.5 Å². The molecule has 102 valence electrons. The Hall–Kier alpha value is -0.900. The van der Waals surface area contributed by atoms with Gasteiger partial charge < -0.3 is 4.57 Å². The molecule has 0 atom stereocenters. The van der Waals surface area contributed by atoms with Gasteiger partial charge in [-0.2, -0.15) is 4.99 Å². The Morgan fingerprint density at radius 3 is 2.33 bits per heavy atom. The second-order valence-electron chi connectivity index (χ2n) is 6.21. The third kappa shape index (κ3) is 3.55. The Kier molecular flexibility index (Phi) is 4.54. The van der Waals surface area contributed by atoms with Gasteiger partial charge in [-0.3, -0.25) is 4.79 Å². The maximum atomic E-state index is 11.8. The third-order valence-corrected chi connectivity index (χ3v) is 4.46. The number of thiazole rings is 1. The van der Waals surface area contributed by atoms with E-state index in [9.17, 15) is 4.79 Å². The van der Waals surface area contributed by atoms with E-state index in [4.69, 9.17) is 0 Å². The summed E-state index contributed by atoms with van der Waals surface area (Å²) in [7, 11) is 1.97. The zero-order valence-electron chi connectivity index (χ0n) is 12.5. The molecule has 0 spiro atoms. The van der Waals surface area contributed by atoms with Crippen molar-refractivity contribution in [3.63, 3.8) is 0 Å². The van der Waals surface area contributed by atoms with Crippen LogP contribution in [0.4, 0.5) is 0 Å². The van der Waals surface area contributed by atoms with E-state index >= 15 is 0 Å². The Labute approximate surface area is 114 Å². The molecule has 0 aliphatic rings. The highest BCUT2D eigenvalue weighted by atomic mass is 32.1. The summed E-state index contributed by atoms with van der Waals surface area (Å²) in [4.78, 5) is 18.1. The van der Waals surface area contributed by atoms with Crippen molar-refractivity contribution < 1.29 is 4.79 Å². The largest absolute Gasteiger partial charge is 0.324 e. The molecule has 0 aromatic carbocycles. The highest BCUT2D eigenvalue weighted by molar-refractivity contribution is 7.09. The van der Waals surface area contributed by atoms with Crippen LogP contribution in [0.5, 0.6) is 0 Å². The van der Waals surface area contributed by atoms with Crippen LogP contribution in [0.15, 0.2) is 4.99 Å². The lowest BCUT2D eigenvalue weighted by Gasteiger charge is -2.17. The molecule has 0 fully saturated rings. The molecule has 0 bridgehead atoms. The van der Waals surface area contributed by atoms with E-state index in [-0.39, 0.29) is 11.3 Å². The van der Waals surface area contributed by atoms with Crippen LogP contribution in [0.3, 0.4) is 0 Å². The highest BCUT2D eigenvalue weighted by Gasteiger charge is 2.20. The van der Waals surface area contributed by atoms with Crippen molar-refractivity contribution in [3.05, 3.63) is 15.4 Å². The van der Waals surface area contributed by atoms with Gasteiger partial charge in [-0.05, 0) is 18.3 Å². The van der Waals surface area contributed by atoms with Crippen molar-refractivity contribution >= 4 is 17.2 Å². The van der Waals surface area contributed by atoms with Gasteiger partial charge >= 0.3 is 0 Å². The normalized spacial score (nSPS) is 13.4. The molecular formula is C14H24N2OS. The van der Waals surface area contributed by atoms with Gasteiger partial charge in [0.2, 0.25) is 5.91 Å². The van der Waals surface area contributed by atoms with Crippen LogP contribution in [-0.2, 0) is 17.3 Å². The quantitative estimate of drug-likeness (QED) is 0.811. The first-order chi connectivity index (χ1) is 8.12. The first-order valence-corrected chi connectivity index (χ1v) is 7.19. The van der Waals surface area contributed by atoms with Crippen LogP contribution in [0, 0.1) is 12.8 Å². The SMILES string of the molecule is Cc1c(C(C)(C)C)sc(=NC(=O)CC(C)C)n1C. The van der Waals surface area contributed by atoms with Crippen LogP contribution in [0.2, 0.25) is 0 Å². The zero-order chi connectivity index (χ0) is 14.1. The molecule has 4 heteroatoms. The fourth-order valence-corrected chi connectivity index (χ4v) is 3.02. The number of carbonyl (C=O) groups is 1. The van der Waals surface area contributed by atoms with Crippen molar-refractivity contribution in [1.29, 1.82) is 0 Å². The van der Waals surface area contributed by atoms with Crippen LogP contribution in [0.25, 0.3) is 0 Å². The number of hydrogen-bond donors (Lipinski definition) is 0. The van der Waals surface area contributed by atoms with Crippen LogP contribution < -0.4 is 4.80 Å². The lowest BCUT2D eigenvalue weighted by atomic mass is 9.93. The summed E-state index contributed by atoms with van der Waals surface area (Å²) >= 11 is 1.62. The number of hydrogen-bond acceptors (Lipinski definition) is 2. The number of nitrogens with zero attached hydrogens (tertiary/aromatic N) is 2. The minimum atomic E-state index is -0.0256. The molecule has 0 radical (unpaired) electrons. The van der Waals surface area contributed by atoms with Crippen molar-refractivity contribution in [2.45, 2.75) is 53.4 Å². The summed E-state index contributed by atoms with van der Waals surface area (Å²) in [6, 6.07) is 0. The van der Waals surface area contributed by atoms with E-state index in [1.165, 1.54) is 10.6 Å². The lowest BCUT2D eigenvalue weighted by Crippen LogP contribution is -2.15. The summed E-state index contributed by atoms with van der Waals surface area (Å²) in [5, 5.41) is 0. The summed E-state index contributed by atoms with van der Waals surface area (Å²) in [5.74, 6) is 0.331. The van der Waals surface area contributed by atoms with E-state index in [0.717, 1.165) is 4.80 Å². The van der Waals surface area contributed by atoms with Gasteiger partial charge in [-0.25, -0.2) is 0 Å². The summed E-state index contributed by atoms with van der Waals surface area (Å²) in [6.45, 7) is 12.7. The Bertz CT molecular complexity index is 501. The maximum absolute atomic E-state index is 11.8. The number of aromatic nitrogens is 1. The van der Waals surface area contributed by atoms with Crippen LogP contribution >= 0.6 is 11.3 Å². The summed E-state index contributed by atoms with van der Waals surface area (Å²) in [5.41, 5.74) is 1.30. The lowest BCUT2D eigenvalue weighted by molar-refractivity contribution is -0.118. The van der Waals surface area contributed by atoms with Crippen molar-refractivity contribution in [2.75, 3.05) is 0 Å². The molecule has 0 saturated carbocycles. The third-order valence-electron chi connectivity index (χ3n) is 2.80. The number of amides is 1. The molecule has 1 heterocycles. The predicted molar refractivity (Wildman–Crippen MR) is 76.8 cm³/mol. The summed E-state index contributed by atoms with van der Waals surface area (Å²) in [6.07, 6.45) is 0.516. The second kappa shape index (κ2) is 5.39. The molecule has 1 amide bonds.